The van der Waals surface area contributed by atoms with E-state index in [2.05, 4.69) is 20.5 Å². The summed E-state index contributed by atoms with van der Waals surface area (Å²) in [5.74, 6) is 0.711. The van der Waals surface area contributed by atoms with Crippen molar-refractivity contribution >= 4 is 28.7 Å². The van der Waals surface area contributed by atoms with E-state index in [4.69, 9.17) is 4.74 Å². The van der Waals surface area contributed by atoms with Gasteiger partial charge in [0.25, 0.3) is 5.56 Å². The number of nitrogens with zero attached hydrogens (tertiary/aromatic N) is 3. The number of ether oxygens (including phenoxy) is 1. The summed E-state index contributed by atoms with van der Waals surface area (Å²) >= 11 is 1.20. The lowest BCUT2D eigenvalue weighted by Crippen LogP contribution is -2.29. The first-order valence-electron chi connectivity index (χ1n) is 9.64. The van der Waals surface area contributed by atoms with E-state index < -0.39 is 0 Å². The van der Waals surface area contributed by atoms with Crippen molar-refractivity contribution in [3.8, 4) is 11.4 Å². The van der Waals surface area contributed by atoms with Gasteiger partial charge in [-0.2, -0.15) is 5.10 Å². The molecule has 0 saturated heterocycles. The zero-order valence-electron chi connectivity index (χ0n) is 17.0. The number of carbonyl (C=O) groups excluding carboxylic acids is 1. The Balaban J connectivity index is 1.53. The van der Waals surface area contributed by atoms with E-state index in [9.17, 15) is 9.59 Å². The molecule has 1 atom stereocenters. The number of thioether (sulfide) groups is 1. The summed E-state index contributed by atoms with van der Waals surface area (Å²) in [6.07, 6.45) is 1.46. The molecule has 0 saturated carbocycles. The number of carbonyl (C=O) groups is 1. The van der Waals surface area contributed by atoms with Crippen LogP contribution in [-0.4, -0.2) is 38.5 Å². The standard InChI is InChI=1S/C22H21N5O3S/c1-14(15-8-10-17(30-2)11-9-15)24-19(28)13-31-22-25-20-18(12-23-26-20)21(29)27(22)16-6-4-3-5-7-16/h3-12,14H,13H2,1-2H3,(H,23,26)(H,24,28)/t14-/m1/s1. The molecule has 0 aliphatic rings. The molecule has 1 amide bonds. The minimum Gasteiger partial charge on any atom is -0.497 e. The molecule has 0 spiro atoms. The lowest BCUT2D eigenvalue weighted by atomic mass is 10.1. The second-order valence-corrected chi connectivity index (χ2v) is 7.80. The fraction of sp³-hybridized carbons (Fsp3) is 0.182. The van der Waals surface area contributed by atoms with E-state index in [1.165, 1.54) is 22.5 Å². The van der Waals surface area contributed by atoms with Crippen molar-refractivity contribution in [3.05, 3.63) is 76.7 Å². The molecule has 0 aliphatic carbocycles. The third-order valence-corrected chi connectivity index (χ3v) is 5.73. The summed E-state index contributed by atoms with van der Waals surface area (Å²) in [6, 6.07) is 16.6. The number of aromatic amines is 1. The lowest BCUT2D eigenvalue weighted by Gasteiger charge is -2.15. The number of benzene rings is 2. The largest absolute Gasteiger partial charge is 0.497 e. The molecule has 0 fully saturated rings. The monoisotopic (exact) mass is 435 g/mol. The Hall–Kier alpha value is -3.59. The van der Waals surface area contributed by atoms with Gasteiger partial charge in [-0.1, -0.05) is 42.1 Å². The Labute approximate surface area is 182 Å². The van der Waals surface area contributed by atoms with Crippen molar-refractivity contribution in [2.75, 3.05) is 12.9 Å². The molecule has 4 aromatic rings. The molecule has 2 aromatic carbocycles. The van der Waals surface area contributed by atoms with E-state index in [0.29, 0.717) is 21.9 Å². The van der Waals surface area contributed by atoms with Crippen LogP contribution in [0.2, 0.25) is 0 Å². The summed E-state index contributed by atoms with van der Waals surface area (Å²) in [5.41, 5.74) is 1.81. The maximum absolute atomic E-state index is 13.0. The van der Waals surface area contributed by atoms with Gasteiger partial charge in [-0.25, -0.2) is 4.98 Å². The van der Waals surface area contributed by atoms with Crippen LogP contribution in [0.15, 0.2) is 70.7 Å². The van der Waals surface area contributed by atoms with Crippen LogP contribution < -0.4 is 15.6 Å². The predicted octanol–water partition coefficient (Wildman–Crippen LogP) is 3.09. The molecule has 158 valence electrons. The second kappa shape index (κ2) is 9.05. The highest BCUT2D eigenvalue weighted by Crippen LogP contribution is 2.21. The predicted molar refractivity (Wildman–Crippen MR) is 120 cm³/mol. The van der Waals surface area contributed by atoms with Crippen LogP contribution in [0.4, 0.5) is 0 Å². The first-order valence-corrected chi connectivity index (χ1v) is 10.6. The lowest BCUT2D eigenvalue weighted by molar-refractivity contribution is -0.119. The fourth-order valence-corrected chi connectivity index (χ4v) is 3.98. The van der Waals surface area contributed by atoms with Gasteiger partial charge in [-0.3, -0.25) is 19.3 Å². The molecule has 2 aromatic heterocycles. The molecule has 0 bridgehead atoms. The van der Waals surface area contributed by atoms with E-state index in [0.717, 1.165) is 11.3 Å². The zero-order valence-corrected chi connectivity index (χ0v) is 17.8. The van der Waals surface area contributed by atoms with Crippen molar-refractivity contribution in [2.45, 2.75) is 18.1 Å². The molecular weight excluding hydrogens is 414 g/mol. The van der Waals surface area contributed by atoms with Crippen molar-refractivity contribution in [1.82, 2.24) is 25.1 Å². The number of nitrogens with one attached hydrogen (secondary N) is 2. The van der Waals surface area contributed by atoms with Gasteiger partial charge in [0.2, 0.25) is 5.91 Å². The Morgan fingerprint density at radius 3 is 2.65 bits per heavy atom. The van der Waals surface area contributed by atoms with Crippen LogP contribution in [0.3, 0.4) is 0 Å². The van der Waals surface area contributed by atoms with Gasteiger partial charge < -0.3 is 10.1 Å². The summed E-state index contributed by atoms with van der Waals surface area (Å²) in [7, 11) is 1.61. The highest BCUT2D eigenvalue weighted by molar-refractivity contribution is 7.99. The number of aromatic nitrogens is 4. The summed E-state index contributed by atoms with van der Waals surface area (Å²) in [6.45, 7) is 1.92. The van der Waals surface area contributed by atoms with Gasteiger partial charge in [0.15, 0.2) is 10.8 Å². The highest BCUT2D eigenvalue weighted by atomic mass is 32.2. The molecule has 2 heterocycles. The fourth-order valence-electron chi connectivity index (χ4n) is 3.16. The number of fused-ring (bicyclic) bond motifs is 1. The Morgan fingerprint density at radius 2 is 1.94 bits per heavy atom. The van der Waals surface area contributed by atoms with Gasteiger partial charge in [-0.05, 0) is 36.8 Å². The molecule has 0 radical (unpaired) electrons. The SMILES string of the molecule is COc1ccc([C@@H](C)NC(=O)CSc2nc3[nH]ncc3c(=O)n2-c2ccccc2)cc1. The molecule has 8 nitrogen and oxygen atoms in total. The van der Waals surface area contributed by atoms with Crippen molar-refractivity contribution in [2.24, 2.45) is 0 Å². The number of hydrogen-bond donors (Lipinski definition) is 2. The number of para-hydroxylation sites is 1. The van der Waals surface area contributed by atoms with Crippen molar-refractivity contribution in [1.29, 1.82) is 0 Å². The van der Waals surface area contributed by atoms with Crippen LogP contribution in [0, 0.1) is 0 Å². The highest BCUT2D eigenvalue weighted by Gasteiger charge is 2.17. The van der Waals surface area contributed by atoms with E-state index in [1.807, 2.05) is 61.5 Å². The second-order valence-electron chi connectivity index (χ2n) is 6.85. The third kappa shape index (κ3) is 4.46. The summed E-state index contributed by atoms with van der Waals surface area (Å²) in [5, 5.41) is 10.4. The maximum Gasteiger partial charge on any atom is 0.269 e. The number of hydrogen-bond acceptors (Lipinski definition) is 6. The van der Waals surface area contributed by atoms with Crippen molar-refractivity contribution in [3.63, 3.8) is 0 Å². The Kier molecular flexibility index (Phi) is 6.03. The van der Waals surface area contributed by atoms with E-state index >= 15 is 0 Å². The van der Waals surface area contributed by atoms with Crippen LogP contribution >= 0.6 is 11.8 Å². The minimum absolute atomic E-state index is 0.111. The van der Waals surface area contributed by atoms with Crippen LogP contribution in [0.5, 0.6) is 5.75 Å². The van der Waals surface area contributed by atoms with Gasteiger partial charge >= 0.3 is 0 Å². The van der Waals surface area contributed by atoms with Gasteiger partial charge in [-0.15, -0.1) is 0 Å². The quantitative estimate of drug-likeness (QED) is 0.342. The number of methoxy groups -OCH3 is 1. The van der Waals surface area contributed by atoms with Gasteiger partial charge in [0.05, 0.1) is 30.8 Å². The average Bonchev–Trinajstić information content (AvgIpc) is 3.27. The third-order valence-electron chi connectivity index (χ3n) is 4.79. The molecular formula is C22H21N5O3S. The molecule has 9 heteroatoms. The topological polar surface area (TPSA) is 102 Å². The van der Waals surface area contributed by atoms with E-state index in [1.54, 1.807) is 7.11 Å². The molecule has 0 aliphatic heterocycles. The summed E-state index contributed by atoms with van der Waals surface area (Å²) < 4.78 is 6.67. The minimum atomic E-state index is -0.237. The number of rotatable bonds is 7. The average molecular weight is 436 g/mol. The summed E-state index contributed by atoms with van der Waals surface area (Å²) in [4.78, 5) is 30.1. The Bertz CT molecular complexity index is 1250. The molecule has 31 heavy (non-hydrogen) atoms. The first-order chi connectivity index (χ1) is 15.1. The van der Waals surface area contributed by atoms with E-state index in [-0.39, 0.29) is 23.3 Å². The number of H-pyrrole nitrogens is 1. The molecule has 4 rings (SSSR count). The smallest absolute Gasteiger partial charge is 0.269 e. The van der Waals surface area contributed by atoms with Gasteiger partial charge in [0, 0.05) is 0 Å². The first kappa shape index (κ1) is 20.7. The van der Waals surface area contributed by atoms with Crippen LogP contribution in [0.25, 0.3) is 16.7 Å². The van der Waals surface area contributed by atoms with Crippen molar-refractivity contribution < 1.29 is 9.53 Å². The molecule has 0 unspecified atom stereocenters. The maximum atomic E-state index is 13.0. The van der Waals surface area contributed by atoms with Crippen LogP contribution in [0.1, 0.15) is 18.5 Å². The zero-order chi connectivity index (χ0) is 21.8. The normalized spacial score (nSPS) is 11.9. The van der Waals surface area contributed by atoms with Gasteiger partial charge in [0.1, 0.15) is 11.1 Å². The number of amides is 1. The Morgan fingerprint density at radius 1 is 1.19 bits per heavy atom. The molecule has 2 N–H and O–H groups in total. The van der Waals surface area contributed by atoms with Crippen LogP contribution in [-0.2, 0) is 4.79 Å².